The Morgan fingerprint density at radius 3 is 3.07 bits per heavy atom. The second-order valence-electron chi connectivity index (χ2n) is 3.64. The minimum atomic E-state index is 0.910. The summed E-state index contributed by atoms with van der Waals surface area (Å²) in [6.07, 6.45) is 4.48. The van der Waals surface area contributed by atoms with Gasteiger partial charge < -0.3 is 4.98 Å². The van der Waals surface area contributed by atoms with E-state index < -0.39 is 0 Å². The van der Waals surface area contributed by atoms with Crippen molar-refractivity contribution in [3.05, 3.63) is 36.3 Å². The van der Waals surface area contributed by atoms with E-state index in [1.807, 2.05) is 6.20 Å². The molecule has 0 aliphatic heterocycles. The molecule has 0 saturated carbocycles. The number of nitrogens with one attached hydrogen (secondary N) is 1. The molecule has 0 radical (unpaired) electrons. The quantitative estimate of drug-likeness (QED) is 0.651. The average Bonchev–Trinajstić information content (AvgIpc) is 2.66. The molecule has 3 rings (SSSR count). The molecular weight excluding hydrogens is 186 g/mol. The van der Waals surface area contributed by atoms with Crippen LogP contribution in [0.2, 0.25) is 0 Å². The Kier molecular flexibility index (Phi) is 1.71. The van der Waals surface area contributed by atoms with Crippen molar-refractivity contribution in [3.8, 4) is 0 Å². The SMILES string of the molecule is CCc1ccc2[nH]c3ncncc3c2c1. The maximum atomic E-state index is 4.21. The molecule has 0 saturated heterocycles. The second kappa shape index (κ2) is 3.05. The van der Waals surface area contributed by atoms with Gasteiger partial charge in [0.25, 0.3) is 0 Å². The lowest BCUT2D eigenvalue weighted by Crippen LogP contribution is -1.78. The van der Waals surface area contributed by atoms with E-state index in [1.165, 1.54) is 10.9 Å². The van der Waals surface area contributed by atoms with E-state index in [1.54, 1.807) is 6.33 Å². The molecule has 15 heavy (non-hydrogen) atoms. The fourth-order valence-corrected chi connectivity index (χ4v) is 1.90. The first-order valence-electron chi connectivity index (χ1n) is 5.09. The zero-order chi connectivity index (χ0) is 10.3. The Morgan fingerprint density at radius 1 is 1.27 bits per heavy atom. The summed E-state index contributed by atoms with van der Waals surface area (Å²) in [6, 6.07) is 6.46. The van der Waals surface area contributed by atoms with Crippen molar-refractivity contribution in [2.75, 3.05) is 0 Å². The van der Waals surface area contributed by atoms with Crippen LogP contribution in [0.15, 0.2) is 30.7 Å². The zero-order valence-corrected chi connectivity index (χ0v) is 8.49. The number of hydrogen-bond acceptors (Lipinski definition) is 2. The molecule has 74 valence electrons. The fourth-order valence-electron chi connectivity index (χ4n) is 1.90. The fraction of sp³-hybridized carbons (Fsp3) is 0.167. The Balaban J connectivity index is 2.46. The molecule has 3 nitrogen and oxygen atoms in total. The van der Waals surface area contributed by atoms with Gasteiger partial charge in [-0.2, -0.15) is 0 Å². The van der Waals surface area contributed by atoms with Gasteiger partial charge in [-0.15, -0.1) is 0 Å². The first kappa shape index (κ1) is 8.41. The van der Waals surface area contributed by atoms with E-state index in [4.69, 9.17) is 0 Å². The number of H-pyrrole nitrogens is 1. The molecule has 0 bridgehead atoms. The summed E-state index contributed by atoms with van der Waals surface area (Å²) in [4.78, 5) is 11.5. The molecule has 1 N–H and O–H groups in total. The standard InChI is InChI=1S/C12H11N3/c1-2-8-3-4-11-9(5-8)10-6-13-7-14-12(10)15-11/h3-7H,2H2,1H3,(H,13,14,15). The molecule has 3 aromatic rings. The maximum Gasteiger partial charge on any atom is 0.141 e. The molecule has 2 aromatic heterocycles. The van der Waals surface area contributed by atoms with Gasteiger partial charge in [-0.3, -0.25) is 0 Å². The highest BCUT2D eigenvalue weighted by atomic mass is 14.9. The van der Waals surface area contributed by atoms with Gasteiger partial charge in [0, 0.05) is 22.5 Å². The third-order valence-corrected chi connectivity index (χ3v) is 2.75. The summed E-state index contributed by atoms with van der Waals surface area (Å²) >= 11 is 0. The van der Waals surface area contributed by atoms with Crippen molar-refractivity contribution in [1.82, 2.24) is 15.0 Å². The van der Waals surface area contributed by atoms with Crippen LogP contribution in [0.4, 0.5) is 0 Å². The summed E-state index contributed by atoms with van der Waals surface area (Å²) in [5.41, 5.74) is 3.38. The largest absolute Gasteiger partial charge is 0.339 e. The van der Waals surface area contributed by atoms with E-state index in [9.17, 15) is 0 Å². The van der Waals surface area contributed by atoms with Crippen LogP contribution in [0.5, 0.6) is 0 Å². The summed E-state index contributed by atoms with van der Waals surface area (Å²) in [5, 5.41) is 2.31. The molecule has 0 spiro atoms. The number of fused-ring (bicyclic) bond motifs is 3. The van der Waals surface area contributed by atoms with Crippen LogP contribution >= 0.6 is 0 Å². The van der Waals surface area contributed by atoms with E-state index in [2.05, 4.69) is 40.1 Å². The Bertz CT molecular complexity index is 625. The topological polar surface area (TPSA) is 41.6 Å². The van der Waals surface area contributed by atoms with Gasteiger partial charge in [0.1, 0.15) is 12.0 Å². The van der Waals surface area contributed by atoms with E-state index in [0.29, 0.717) is 0 Å². The molecule has 0 aliphatic rings. The first-order chi connectivity index (χ1) is 7.38. The summed E-state index contributed by atoms with van der Waals surface area (Å²) in [6.45, 7) is 2.16. The van der Waals surface area contributed by atoms with Gasteiger partial charge in [0.2, 0.25) is 0 Å². The molecule has 3 heteroatoms. The van der Waals surface area contributed by atoms with Crippen molar-refractivity contribution in [2.45, 2.75) is 13.3 Å². The summed E-state index contributed by atoms with van der Waals surface area (Å²) < 4.78 is 0. The number of aromatic amines is 1. The van der Waals surface area contributed by atoms with Crippen LogP contribution in [-0.2, 0) is 6.42 Å². The average molecular weight is 197 g/mol. The maximum absolute atomic E-state index is 4.21. The highest BCUT2D eigenvalue weighted by Gasteiger charge is 2.04. The number of aromatic nitrogens is 3. The molecule has 0 aliphatic carbocycles. The Morgan fingerprint density at radius 2 is 2.20 bits per heavy atom. The van der Waals surface area contributed by atoms with Crippen molar-refractivity contribution in [1.29, 1.82) is 0 Å². The molecule has 2 heterocycles. The van der Waals surface area contributed by atoms with Crippen molar-refractivity contribution >= 4 is 21.9 Å². The van der Waals surface area contributed by atoms with E-state index >= 15 is 0 Å². The molecule has 1 aromatic carbocycles. The third-order valence-electron chi connectivity index (χ3n) is 2.75. The molecular formula is C12H11N3. The van der Waals surface area contributed by atoms with Crippen LogP contribution in [0.3, 0.4) is 0 Å². The zero-order valence-electron chi connectivity index (χ0n) is 8.49. The smallest absolute Gasteiger partial charge is 0.141 e. The molecule has 0 atom stereocenters. The number of hydrogen-bond donors (Lipinski definition) is 1. The highest BCUT2D eigenvalue weighted by molar-refractivity contribution is 6.05. The third kappa shape index (κ3) is 1.20. The number of rotatable bonds is 1. The number of aryl methyl sites for hydroxylation is 1. The van der Waals surface area contributed by atoms with Crippen LogP contribution in [0.25, 0.3) is 21.9 Å². The first-order valence-corrected chi connectivity index (χ1v) is 5.09. The van der Waals surface area contributed by atoms with Gasteiger partial charge in [-0.1, -0.05) is 13.0 Å². The van der Waals surface area contributed by atoms with Crippen molar-refractivity contribution in [2.24, 2.45) is 0 Å². The highest BCUT2D eigenvalue weighted by Crippen LogP contribution is 2.24. The van der Waals surface area contributed by atoms with Crippen LogP contribution < -0.4 is 0 Å². The van der Waals surface area contributed by atoms with Crippen molar-refractivity contribution < 1.29 is 0 Å². The van der Waals surface area contributed by atoms with Crippen LogP contribution in [-0.4, -0.2) is 15.0 Å². The monoisotopic (exact) mass is 197 g/mol. The lowest BCUT2D eigenvalue weighted by Gasteiger charge is -1.95. The van der Waals surface area contributed by atoms with Crippen molar-refractivity contribution in [3.63, 3.8) is 0 Å². The second-order valence-corrected chi connectivity index (χ2v) is 3.64. The van der Waals surface area contributed by atoms with Gasteiger partial charge in [0.05, 0.1) is 0 Å². The minimum absolute atomic E-state index is 0.910. The normalized spacial score (nSPS) is 11.3. The van der Waals surface area contributed by atoms with Gasteiger partial charge in [-0.05, 0) is 24.1 Å². The number of nitrogens with zero attached hydrogens (tertiary/aromatic N) is 2. The minimum Gasteiger partial charge on any atom is -0.339 e. The Hall–Kier alpha value is -1.90. The lowest BCUT2D eigenvalue weighted by molar-refractivity contribution is 1.15. The summed E-state index contributed by atoms with van der Waals surface area (Å²) in [5.74, 6) is 0. The predicted molar refractivity (Wildman–Crippen MR) is 60.8 cm³/mol. The summed E-state index contributed by atoms with van der Waals surface area (Å²) in [7, 11) is 0. The van der Waals surface area contributed by atoms with E-state index in [-0.39, 0.29) is 0 Å². The van der Waals surface area contributed by atoms with Crippen LogP contribution in [0, 0.1) is 0 Å². The molecule has 0 fully saturated rings. The van der Waals surface area contributed by atoms with E-state index in [0.717, 1.165) is 23.0 Å². The van der Waals surface area contributed by atoms with Gasteiger partial charge in [-0.25, -0.2) is 9.97 Å². The van der Waals surface area contributed by atoms with Crippen LogP contribution in [0.1, 0.15) is 12.5 Å². The van der Waals surface area contributed by atoms with Gasteiger partial charge >= 0.3 is 0 Å². The molecule has 0 amide bonds. The van der Waals surface area contributed by atoms with Gasteiger partial charge in [0.15, 0.2) is 0 Å². The Labute approximate surface area is 87.2 Å². The molecule has 0 unspecified atom stereocenters. The predicted octanol–water partition coefficient (Wildman–Crippen LogP) is 2.67. The lowest BCUT2D eigenvalue weighted by atomic mass is 10.1. The number of benzene rings is 1.